The van der Waals surface area contributed by atoms with Gasteiger partial charge in [-0.15, -0.1) is 0 Å². The number of hydrogen-bond acceptors (Lipinski definition) is 8. The van der Waals surface area contributed by atoms with Crippen molar-refractivity contribution in [1.82, 2.24) is 0 Å². The molecule has 1 amide bonds. The molecule has 0 radical (unpaired) electrons. The highest BCUT2D eigenvalue weighted by Gasteiger charge is 2.20. The van der Waals surface area contributed by atoms with Gasteiger partial charge in [0.1, 0.15) is 11.5 Å². The highest BCUT2D eigenvalue weighted by atomic mass is 16.5. The summed E-state index contributed by atoms with van der Waals surface area (Å²) in [4.78, 5) is 47.5. The second-order valence-corrected chi connectivity index (χ2v) is 5.67. The molecule has 2 aromatic carbocycles. The van der Waals surface area contributed by atoms with E-state index in [1.807, 2.05) is 0 Å². The maximum absolute atomic E-state index is 12.5. The van der Waals surface area contributed by atoms with Crippen molar-refractivity contribution in [2.24, 2.45) is 0 Å². The molecule has 2 aromatic rings. The summed E-state index contributed by atoms with van der Waals surface area (Å²) in [5.74, 6) is -2.15. The predicted molar refractivity (Wildman–Crippen MR) is 94.6 cm³/mol. The number of hydrogen-bond donors (Lipinski definition) is 1. The van der Waals surface area contributed by atoms with Crippen LogP contribution in [-0.2, 0) is 14.3 Å². The molecule has 9 nitrogen and oxygen atoms in total. The van der Waals surface area contributed by atoms with Gasteiger partial charge in [-0.05, 0) is 36.4 Å². The van der Waals surface area contributed by atoms with E-state index in [0.717, 1.165) is 0 Å². The second kappa shape index (κ2) is 7.78. The molecule has 0 fully saturated rings. The van der Waals surface area contributed by atoms with Crippen molar-refractivity contribution in [3.05, 3.63) is 53.1 Å². The van der Waals surface area contributed by atoms with Crippen molar-refractivity contribution in [3.8, 4) is 11.5 Å². The summed E-state index contributed by atoms with van der Waals surface area (Å²) < 4.78 is 19.8. The minimum atomic E-state index is -0.763. The van der Waals surface area contributed by atoms with Crippen LogP contribution in [0.1, 0.15) is 31.1 Å². The predicted octanol–water partition coefficient (Wildman–Crippen LogP) is 1.81. The van der Waals surface area contributed by atoms with Crippen LogP contribution in [0.25, 0.3) is 0 Å². The summed E-state index contributed by atoms with van der Waals surface area (Å²) in [7, 11) is 2.37. The highest BCUT2D eigenvalue weighted by Crippen LogP contribution is 2.29. The molecule has 0 aromatic heterocycles. The van der Waals surface area contributed by atoms with Crippen molar-refractivity contribution < 1.29 is 38.1 Å². The molecule has 9 heteroatoms. The third-order valence-electron chi connectivity index (χ3n) is 3.81. The molecule has 3 rings (SSSR count). The molecule has 0 bridgehead atoms. The molecule has 0 atom stereocenters. The van der Waals surface area contributed by atoms with Gasteiger partial charge in [-0.3, -0.25) is 4.79 Å². The Kier molecular flexibility index (Phi) is 5.25. The number of fused-ring (bicyclic) bond motifs is 1. The lowest BCUT2D eigenvalue weighted by Crippen LogP contribution is -2.25. The molecular weight excluding hydrogens is 370 g/mol. The lowest BCUT2D eigenvalue weighted by molar-refractivity contribution is -0.118. The topological polar surface area (TPSA) is 117 Å². The van der Waals surface area contributed by atoms with Crippen LogP contribution < -0.4 is 14.8 Å². The van der Waals surface area contributed by atoms with Crippen LogP contribution >= 0.6 is 0 Å². The van der Waals surface area contributed by atoms with E-state index >= 15 is 0 Å². The smallest absolute Gasteiger partial charge is 0.343 e. The lowest BCUT2D eigenvalue weighted by atomic mass is 10.1. The van der Waals surface area contributed by atoms with E-state index in [0.29, 0.717) is 11.4 Å². The molecule has 1 aliphatic rings. The Hall–Kier alpha value is -3.88. The number of benzene rings is 2. The molecule has 0 aliphatic carbocycles. The first-order valence-electron chi connectivity index (χ1n) is 8.02. The Bertz CT molecular complexity index is 948. The van der Waals surface area contributed by atoms with Gasteiger partial charge in [0.15, 0.2) is 6.61 Å². The van der Waals surface area contributed by atoms with Gasteiger partial charge in [0, 0.05) is 0 Å². The quantitative estimate of drug-likeness (QED) is 0.626. The number of amides is 1. The Morgan fingerprint density at radius 1 is 0.893 bits per heavy atom. The van der Waals surface area contributed by atoms with Crippen LogP contribution in [0.4, 0.5) is 5.69 Å². The monoisotopic (exact) mass is 385 g/mol. The number of methoxy groups -OCH3 is 2. The van der Waals surface area contributed by atoms with Crippen LogP contribution in [0.15, 0.2) is 36.4 Å². The van der Waals surface area contributed by atoms with E-state index in [2.05, 4.69) is 14.8 Å². The van der Waals surface area contributed by atoms with Crippen molar-refractivity contribution >= 4 is 29.5 Å². The molecule has 0 unspecified atom stereocenters. The molecule has 1 aliphatic heterocycles. The number of esters is 3. The summed E-state index contributed by atoms with van der Waals surface area (Å²) in [5, 5.41) is 2.59. The van der Waals surface area contributed by atoms with Crippen molar-refractivity contribution in [1.29, 1.82) is 0 Å². The molecule has 0 saturated heterocycles. The number of carbonyl (C=O) groups is 4. The van der Waals surface area contributed by atoms with Gasteiger partial charge in [0.2, 0.25) is 0 Å². The number of nitrogens with one attached hydrogen (secondary N) is 1. The maximum atomic E-state index is 12.5. The van der Waals surface area contributed by atoms with Gasteiger partial charge in [0.05, 0.1) is 36.6 Å². The Balaban J connectivity index is 1.89. The Labute approximate surface area is 159 Å². The fraction of sp³-hybridized carbons (Fsp3) is 0.158. The Morgan fingerprint density at radius 3 is 2.14 bits per heavy atom. The molecule has 28 heavy (non-hydrogen) atoms. The van der Waals surface area contributed by atoms with E-state index in [1.165, 1.54) is 50.6 Å². The van der Waals surface area contributed by atoms with Crippen LogP contribution in [0.2, 0.25) is 0 Å². The van der Waals surface area contributed by atoms with Gasteiger partial charge in [-0.2, -0.15) is 0 Å². The van der Waals surface area contributed by atoms with Gasteiger partial charge >= 0.3 is 17.9 Å². The summed E-state index contributed by atoms with van der Waals surface area (Å²) in [5.41, 5.74) is 0.496. The fourth-order valence-electron chi connectivity index (χ4n) is 2.51. The van der Waals surface area contributed by atoms with Crippen LogP contribution in [-0.4, -0.2) is 44.6 Å². The number of ether oxygens (including phenoxy) is 4. The summed E-state index contributed by atoms with van der Waals surface area (Å²) in [6, 6.07) is 8.18. The van der Waals surface area contributed by atoms with Crippen LogP contribution in [0.3, 0.4) is 0 Å². The Morgan fingerprint density at radius 2 is 1.54 bits per heavy atom. The van der Waals surface area contributed by atoms with Crippen molar-refractivity contribution in [3.63, 3.8) is 0 Å². The first-order valence-corrected chi connectivity index (χ1v) is 8.02. The number of carbonyl (C=O) groups excluding carboxylic acids is 4. The summed E-state index contributed by atoms with van der Waals surface area (Å²) in [6.45, 7) is -0.104. The first-order chi connectivity index (χ1) is 13.4. The normalized spacial score (nSPS) is 12.1. The van der Waals surface area contributed by atoms with E-state index in [1.54, 1.807) is 0 Å². The van der Waals surface area contributed by atoms with Gasteiger partial charge < -0.3 is 24.3 Å². The third-order valence-corrected chi connectivity index (χ3v) is 3.81. The molecular formula is C19H15NO8. The highest BCUT2D eigenvalue weighted by molar-refractivity contribution is 5.99. The fourth-order valence-corrected chi connectivity index (χ4v) is 2.51. The molecule has 1 heterocycles. The molecule has 144 valence electrons. The van der Waals surface area contributed by atoms with Crippen LogP contribution in [0.5, 0.6) is 11.5 Å². The maximum Gasteiger partial charge on any atom is 0.343 e. The largest absolute Gasteiger partial charge is 0.482 e. The lowest BCUT2D eigenvalue weighted by Gasteiger charge is -2.18. The minimum Gasteiger partial charge on any atom is -0.482 e. The number of rotatable bonds is 4. The summed E-state index contributed by atoms with van der Waals surface area (Å²) in [6.07, 6.45) is 0. The van der Waals surface area contributed by atoms with Crippen molar-refractivity contribution in [2.45, 2.75) is 0 Å². The first kappa shape index (κ1) is 18.9. The van der Waals surface area contributed by atoms with E-state index in [4.69, 9.17) is 9.47 Å². The van der Waals surface area contributed by atoms with Gasteiger partial charge in [-0.25, -0.2) is 14.4 Å². The zero-order chi connectivity index (χ0) is 20.3. The van der Waals surface area contributed by atoms with E-state index < -0.39 is 17.9 Å². The molecule has 1 N–H and O–H groups in total. The standard InChI is InChI=1S/C19H15NO8/c1-25-17(22)11-5-12(18(23)26-2)7-13(6-11)28-19(24)10-3-4-15-14(8-10)20-16(21)9-27-15/h3-8H,9H2,1-2H3,(H,20,21). The SMILES string of the molecule is COC(=O)c1cc(OC(=O)c2ccc3c(c2)NC(=O)CO3)cc(C(=O)OC)c1. The molecule has 0 spiro atoms. The van der Waals surface area contributed by atoms with E-state index in [-0.39, 0.29) is 35.0 Å². The zero-order valence-corrected chi connectivity index (χ0v) is 14.9. The molecule has 0 saturated carbocycles. The minimum absolute atomic E-state index is 0.0132. The zero-order valence-electron chi connectivity index (χ0n) is 14.9. The van der Waals surface area contributed by atoms with Crippen LogP contribution in [0, 0.1) is 0 Å². The van der Waals surface area contributed by atoms with Crippen molar-refractivity contribution in [2.75, 3.05) is 26.1 Å². The van der Waals surface area contributed by atoms with Gasteiger partial charge in [-0.1, -0.05) is 0 Å². The van der Waals surface area contributed by atoms with E-state index in [9.17, 15) is 19.2 Å². The third kappa shape index (κ3) is 3.93. The second-order valence-electron chi connectivity index (χ2n) is 5.67. The summed E-state index contributed by atoms with van der Waals surface area (Å²) >= 11 is 0. The number of anilines is 1. The van der Waals surface area contributed by atoms with Gasteiger partial charge in [0.25, 0.3) is 5.91 Å². The average molecular weight is 385 g/mol. The average Bonchev–Trinajstić information content (AvgIpc) is 2.71.